The molecule has 1 amide bonds. The molecule has 190 valence electrons. The molecule has 3 heterocycles. The van der Waals surface area contributed by atoms with Gasteiger partial charge in [-0.05, 0) is 81.8 Å². The molecule has 0 aliphatic heterocycles. The lowest BCUT2D eigenvalue weighted by atomic mass is 9.82. The van der Waals surface area contributed by atoms with Crippen LogP contribution in [-0.2, 0) is 4.79 Å². The number of carbonyl (C=O) groups is 2. The van der Waals surface area contributed by atoms with Gasteiger partial charge in [0.15, 0.2) is 11.5 Å². The van der Waals surface area contributed by atoms with Gasteiger partial charge in [-0.3, -0.25) is 9.69 Å². The van der Waals surface area contributed by atoms with E-state index >= 15 is 0 Å². The molecule has 5 rings (SSSR count). The number of hydrogen-bond donors (Lipinski definition) is 1. The Bertz CT molecular complexity index is 1440. The third-order valence-electron chi connectivity index (χ3n) is 7.16. The third kappa shape index (κ3) is 4.96. The molecule has 0 radical (unpaired) electrons. The van der Waals surface area contributed by atoms with Crippen LogP contribution in [0, 0.1) is 11.8 Å². The summed E-state index contributed by atoms with van der Waals surface area (Å²) in [4.78, 5) is 36.3. The molecule has 3 aromatic heterocycles. The monoisotopic (exact) mass is 497 g/mol. The average molecular weight is 498 g/mol. The summed E-state index contributed by atoms with van der Waals surface area (Å²) in [5.41, 5.74) is 3.09. The third-order valence-corrected chi connectivity index (χ3v) is 7.16. The molecule has 8 nitrogen and oxygen atoms in total. The van der Waals surface area contributed by atoms with Crippen molar-refractivity contribution < 1.29 is 14.7 Å². The van der Waals surface area contributed by atoms with E-state index in [-0.39, 0.29) is 29.2 Å². The molecule has 1 N–H and O–H groups in total. The van der Waals surface area contributed by atoms with Gasteiger partial charge < -0.3 is 5.11 Å². The zero-order valence-electron chi connectivity index (χ0n) is 21.3. The Kier molecular flexibility index (Phi) is 6.74. The summed E-state index contributed by atoms with van der Waals surface area (Å²) in [6, 6.07) is 15.1. The maximum Gasteiger partial charge on any atom is 0.341 e. The molecule has 4 aromatic rings. The summed E-state index contributed by atoms with van der Waals surface area (Å²) in [6.45, 7) is 6.01. The molecule has 1 aromatic carbocycles. The Morgan fingerprint density at radius 2 is 1.76 bits per heavy atom. The molecular formula is C29H31N5O3. The molecule has 0 bridgehead atoms. The van der Waals surface area contributed by atoms with Crippen LogP contribution in [0.15, 0.2) is 60.9 Å². The summed E-state index contributed by atoms with van der Waals surface area (Å²) < 4.78 is 1.53. The van der Waals surface area contributed by atoms with E-state index < -0.39 is 5.97 Å². The van der Waals surface area contributed by atoms with Gasteiger partial charge in [-0.25, -0.2) is 19.4 Å². The Labute approximate surface area is 216 Å². The minimum absolute atomic E-state index is 0.0116. The predicted molar refractivity (Wildman–Crippen MR) is 143 cm³/mol. The minimum Gasteiger partial charge on any atom is -0.477 e. The molecule has 37 heavy (non-hydrogen) atoms. The van der Waals surface area contributed by atoms with Crippen LogP contribution in [-0.4, -0.2) is 42.8 Å². The average Bonchev–Trinajstić information content (AvgIpc) is 3.34. The SMILES string of the molecule is CC(C)N(c1nn(-c2ccc(-c3ccc4cccnc4n3)cc2)cc1C(=O)O)C(=O)[C@H]1CC[C@H](C)CC1. The van der Waals surface area contributed by atoms with E-state index in [0.29, 0.717) is 17.3 Å². The largest absolute Gasteiger partial charge is 0.477 e. The van der Waals surface area contributed by atoms with E-state index in [1.54, 1.807) is 11.1 Å². The number of hydrogen-bond acceptors (Lipinski definition) is 5. The minimum atomic E-state index is -1.11. The smallest absolute Gasteiger partial charge is 0.341 e. The Morgan fingerprint density at radius 3 is 2.43 bits per heavy atom. The molecule has 1 aliphatic carbocycles. The number of fused-ring (bicyclic) bond motifs is 1. The van der Waals surface area contributed by atoms with Crippen molar-refractivity contribution in [2.45, 2.75) is 52.5 Å². The number of pyridine rings is 2. The highest BCUT2D eigenvalue weighted by atomic mass is 16.4. The summed E-state index contributed by atoms with van der Waals surface area (Å²) in [6.07, 6.45) is 6.88. The first-order valence-corrected chi connectivity index (χ1v) is 12.8. The Balaban J connectivity index is 1.46. The van der Waals surface area contributed by atoms with Crippen LogP contribution < -0.4 is 4.90 Å². The summed E-state index contributed by atoms with van der Waals surface area (Å²) in [5, 5.41) is 15.5. The number of rotatable bonds is 6. The number of anilines is 1. The maximum absolute atomic E-state index is 13.5. The van der Waals surface area contributed by atoms with Crippen LogP contribution in [0.1, 0.15) is 56.8 Å². The maximum atomic E-state index is 13.5. The highest BCUT2D eigenvalue weighted by molar-refractivity contribution is 6.01. The summed E-state index contributed by atoms with van der Waals surface area (Å²) in [5.74, 6) is -0.442. The van der Waals surface area contributed by atoms with Crippen LogP contribution in [0.4, 0.5) is 5.82 Å². The van der Waals surface area contributed by atoms with E-state index in [0.717, 1.165) is 42.3 Å². The van der Waals surface area contributed by atoms with Crippen molar-refractivity contribution in [1.82, 2.24) is 19.7 Å². The van der Waals surface area contributed by atoms with Crippen molar-refractivity contribution >= 4 is 28.7 Å². The lowest BCUT2D eigenvalue weighted by molar-refractivity contribution is -0.124. The van der Waals surface area contributed by atoms with Gasteiger partial charge in [-0.1, -0.05) is 19.1 Å². The number of carbonyl (C=O) groups excluding carboxylic acids is 1. The van der Waals surface area contributed by atoms with Gasteiger partial charge in [-0.2, -0.15) is 0 Å². The number of benzene rings is 1. The second-order valence-corrected chi connectivity index (χ2v) is 10.2. The number of carboxylic acid groups (broad SMARTS) is 1. The van der Waals surface area contributed by atoms with Crippen molar-refractivity contribution in [1.29, 1.82) is 0 Å². The lowest BCUT2D eigenvalue weighted by Crippen LogP contribution is -2.43. The predicted octanol–water partition coefficient (Wildman–Crippen LogP) is 5.75. The lowest BCUT2D eigenvalue weighted by Gasteiger charge is -2.32. The van der Waals surface area contributed by atoms with E-state index in [1.165, 1.54) is 10.9 Å². The zero-order chi connectivity index (χ0) is 26.1. The topological polar surface area (TPSA) is 101 Å². The molecule has 0 spiro atoms. The van der Waals surface area contributed by atoms with Gasteiger partial charge in [0, 0.05) is 35.3 Å². The fourth-order valence-corrected chi connectivity index (χ4v) is 5.03. The molecule has 1 fully saturated rings. The van der Waals surface area contributed by atoms with Crippen molar-refractivity contribution in [3.05, 3.63) is 66.5 Å². The molecule has 0 unspecified atom stereocenters. The van der Waals surface area contributed by atoms with Gasteiger partial charge >= 0.3 is 5.97 Å². The standard InChI is InChI=1S/C29H31N5O3/c1-18(2)34(28(35)22-8-6-19(3)7-9-22)27-24(29(36)37)17-33(32-27)23-13-10-20(11-14-23)25-15-12-21-5-4-16-30-26(21)31-25/h4-5,10-19,22H,6-9H2,1-3H3,(H,36,37)/t19-,22-. The van der Waals surface area contributed by atoms with Crippen LogP contribution in [0.3, 0.4) is 0 Å². The zero-order valence-corrected chi connectivity index (χ0v) is 21.3. The highest BCUT2D eigenvalue weighted by Crippen LogP contribution is 2.33. The number of nitrogens with zero attached hydrogens (tertiary/aromatic N) is 5. The van der Waals surface area contributed by atoms with Crippen molar-refractivity contribution in [3.63, 3.8) is 0 Å². The molecule has 1 saturated carbocycles. The van der Waals surface area contributed by atoms with E-state index in [1.807, 2.05) is 62.4 Å². The molecule has 8 heteroatoms. The molecule has 1 aliphatic rings. The molecule has 0 saturated heterocycles. The first-order chi connectivity index (χ1) is 17.8. The molecular weight excluding hydrogens is 466 g/mol. The van der Waals surface area contributed by atoms with Crippen LogP contribution in [0.2, 0.25) is 0 Å². The van der Waals surface area contributed by atoms with Crippen molar-refractivity contribution in [3.8, 4) is 16.9 Å². The summed E-state index contributed by atoms with van der Waals surface area (Å²) >= 11 is 0. The fourth-order valence-electron chi connectivity index (χ4n) is 5.03. The summed E-state index contributed by atoms with van der Waals surface area (Å²) in [7, 11) is 0. The number of amides is 1. The van der Waals surface area contributed by atoms with E-state index in [9.17, 15) is 14.7 Å². The number of aromatic nitrogens is 4. The Morgan fingerprint density at radius 1 is 1.03 bits per heavy atom. The number of carboxylic acids is 1. The van der Waals surface area contributed by atoms with Crippen molar-refractivity contribution in [2.24, 2.45) is 11.8 Å². The van der Waals surface area contributed by atoms with Gasteiger partial charge in [0.1, 0.15) is 5.56 Å². The van der Waals surface area contributed by atoms with Gasteiger partial charge in [0.25, 0.3) is 0 Å². The fraction of sp³-hybridized carbons (Fsp3) is 0.345. The van der Waals surface area contributed by atoms with Crippen LogP contribution in [0.25, 0.3) is 28.0 Å². The van der Waals surface area contributed by atoms with Gasteiger partial charge in [-0.15, -0.1) is 5.10 Å². The second-order valence-electron chi connectivity index (χ2n) is 10.2. The van der Waals surface area contributed by atoms with Crippen LogP contribution in [0.5, 0.6) is 0 Å². The van der Waals surface area contributed by atoms with Crippen molar-refractivity contribution in [2.75, 3.05) is 4.90 Å². The first kappa shape index (κ1) is 24.6. The quantitative estimate of drug-likeness (QED) is 0.364. The Hall–Kier alpha value is -4.07. The van der Waals surface area contributed by atoms with Crippen LogP contribution >= 0.6 is 0 Å². The second kappa shape index (κ2) is 10.1. The normalized spacial score (nSPS) is 17.7. The molecule has 0 atom stereocenters. The number of aromatic carboxylic acids is 1. The highest BCUT2D eigenvalue weighted by Gasteiger charge is 2.34. The van der Waals surface area contributed by atoms with E-state index in [2.05, 4.69) is 22.0 Å². The first-order valence-electron chi connectivity index (χ1n) is 12.8. The van der Waals surface area contributed by atoms with Gasteiger partial charge in [0.05, 0.1) is 11.4 Å². The van der Waals surface area contributed by atoms with Gasteiger partial charge in [0.2, 0.25) is 5.91 Å². The van der Waals surface area contributed by atoms with E-state index in [4.69, 9.17) is 0 Å².